The van der Waals surface area contributed by atoms with Gasteiger partial charge in [-0.3, -0.25) is 4.79 Å². The maximum absolute atomic E-state index is 13.4. The van der Waals surface area contributed by atoms with Gasteiger partial charge >= 0.3 is 5.97 Å². The number of halogens is 1. The molecule has 1 aromatic rings. The summed E-state index contributed by atoms with van der Waals surface area (Å²) >= 11 is 0. The number of hydrogen-bond acceptors (Lipinski definition) is 3. The van der Waals surface area contributed by atoms with E-state index in [1.807, 2.05) is 0 Å². The third-order valence-corrected chi connectivity index (χ3v) is 4.33. The molecular weight excluding hydrogens is 261 g/mol. The maximum Gasteiger partial charge on any atom is 0.307 e. The summed E-state index contributed by atoms with van der Waals surface area (Å²) in [6.45, 7) is 1.17. The van der Waals surface area contributed by atoms with Crippen molar-refractivity contribution in [1.29, 1.82) is 0 Å². The Morgan fingerprint density at radius 1 is 1.44 bits per heavy atom. The summed E-state index contributed by atoms with van der Waals surface area (Å²) in [7, 11) is -2.78. The van der Waals surface area contributed by atoms with Gasteiger partial charge < -0.3 is 5.11 Å². The quantitative estimate of drug-likeness (QED) is 0.875. The van der Waals surface area contributed by atoms with E-state index in [0.29, 0.717) is 0 Å². The van der Waals surface area contributed by atoms with E-state index in [2.05, 4.69) is 0 Å². The van der Waals surface area contributed by atoms with Crippen LogP contribution in [-0.4, -0.2) is 37.4 Å². The van der Waals surface area contributed by atoms with Gasteiger partial charge in [-0.05, 0) is 12.1 Å². The molecular formula is C11H14FNO4S. The molecule has 0 aromatic heterocycles. The molecule has 0 saturated carbocycles. The first-order valence-corrected chi connectivity index (χ1v) is 6.64. The molecule has 0 radical (unpaired) electrons. The van der Waals surface area contributed by atoms with Crippen LogP contribution in [0.5, 0.6) is 0 Å². The molecule has 5 nitrogen and oxygen atoms in total. The Kier molecular flexibility index (Phi) is 4.42. The summed E-state index contributed by atoms with van der Waals surface area (Å²) in [5, 5.41) is 8.73. The van der Waals surface area contributed by atoms with Gasteiger partial charge in [-0.15, -0.1) is 0 Å². The van der Waals surface area contributed by atoms with E-state index >= 15 is 0 Å². The Morgan fingerprint density at radius 2 is 2.00 bits per heavy atom. The molecule has 7 heteroatoms. The fourth-order valence-electron chi connectivity index (χ4n) is 1.38. The SMILES string of the molecule is CC(CN(C)S(=O)(=O)c1ccccc1F)C(=O)O. The fourth-order valence-corrected chi connectivity index (χ4v) is 2.70. The molecule has 1 unspecified atom stereocenters. The summed E-state index contributed by atoms with van der Waals surface area (Å²) in [6, 6.07) is 4.98. The van der Waals surface area contributed by atoms with Crippen LogP contribution in [0.25, 0.3) is 0 Å². The standard InChI is InChI=1S/C11H14FNO4S/c1-8(11(14)15)7-13(2)18(16,17)10-6-4-3-5-9(10)12/h3-6,8H,7H2,1-2H3,(H,14,15). The van der Waals surface area contributed by atoms with Gasteiger partial charge in [0, 0.05) is 13.6 Å². The van der Waals surface area contributed by atoms with E-state index in [1.54, 1.807) is 0 Å². The van der Waals surface area contributed by atoms with Crippen LogP contribution in [0.2, 0.25) is 0 Å². The number of sulfonamides is 1. The minimum Gasteiger partial charge on any atom is -0.481 e. The summed E-state index contributed by atoms with van der Waals surface area (Å²) in [6.07, 6.45) is 0. The van der Waals surface area contributed by atoms with E-state index in [-0.39, 0.29) is 6.54 Å². The second-order valence-electron chi connectivity index (χ2n) is 3.96. The molecule has 100 valence electrons. The monoisotopic (exact) mass is 275 g/mol. The van der Waals surface area contributed by atoms with E-state index < -0.39 is 32.6 Å². The maximum atomic E-state index is 13.4. The van der Waals surface area contributed by atoms with E-state index in [0.717, 1.165) is 16.4 Å². The van der Waals surface area contributed by atoms with Gasteiger partial charge in [0.1, 0.15) is 10.7 Å². The number of carboxylic acid groups (broad SMARTS) is 1. The van der Waals surface area contributed by atoms with Gasteiger partial charge in [0.15, 0.2) is 0 Å². The Bertz CT molecular complexity index is 544. The third-order valence-electron chi connectivity index (χ3n) is 2.48. The highest BCUT2D eigenvalue weighted by molar-refractivity contribution is 7.89. The lowest BCUT2D eigenvalue weighted by atomic mass is 10.2. The lowest BCUT2D eigenvalue weighted by Gasteiger charge is -2.19. The van der Waals surface area contributed by atoms with E-state index in [1.165, 1.54) is 26.1 Å². The first-order valence-electron chi connectivity index (χ1n) is 5.20. The number of benzene rings is 1. The van der Waals surface area contributed by atoms with Crippen molar-refractivity contribution < 1.29 is 22.7 Å². The van der Waals surface area contributed by atoms with Gasteiger partial charge in [0.2, 0.25) is 10.0 Å². The van der Waals surface area contributed by atoms with Gasteiger partial charge in [0.25, 0.3) is 0 Å². The van der Waals surface area contributed by atoms with Crippen molar-refractivity contribution in [2.75, 3.05) is 13.6 Å². The Labute approximate surface area is 105 Å². The van der Waals surface area contributed by atoms with Gasteiger partial charge in [-0.1, -0.05) is 19.1 Å². The van der Waals surface area contributed by atoms with Crippen molar-refractivity contribution >= 4 is 16.0 Å². The molecule has 1 rings (SSSR count). The zero-order valence-electron chi connectivity index (χ0n) is 10.00. The Hall–Kier alpha value is -1.47. The number of carbonyl (C=O) groups is 1. The lowest BCUT2D eigenvalue weighted by molar-refractivity contribution is -0.141. The largest absolute Gasteiger partial charge is 0.481 e. The van der Waals surface area contributed by atoms with Crippen LogP contribution in [0.15, 0.2) is 29.2 Å². The highest BCUT2D eigenvalue weighted by Crippen LogP contribution is 2.18. The molecule has 0 aliphatic carbocycles. The zero-order valence-corrected chi connectivity index (χ0v) is 10.8. The van der Waals surface area contributed by atoms with E-state index in [9.17, 15) is 17.6 Å². The highest BCUT2D eigenvalue weighted by Gasteiger charge is 2.26. The van der Waals surface area contributed by atoms with E-state index in [4.69, 9.17) is 5.11 Å². The summed E-state index contributed by atoms with van der Waals surface area (Å²) in [5.74, 6) is -2.82. The smallest absolute Gasteiger partial charge is 0.307 e. The molecule has 0 aliphatic heterocycles. The van der Waals surface area contributed by atoms with Crippen LogP contribution in [0.4, 0.5) is 4.39 Å². The molecule has 0 amide bonds. The van der Waals surface area contributed by atoms with Gasteiger partial charge in [0.05, 0.1) is 5.92 Å². The molecule has 0 fully saturated rings. The second kappa shape index (κ2) is 5.45. The molecule has 0 bridgehead atoms. The Balaban J connectivity index is 3.01. The predicted molar refractivity (Wildman–Crippen MR) is 63.0 cm³/mol. The van der Waals surface area contributed by atoms with Crippen molar-refractivity contribution in [3.05, 3.63) is 30.1 Å². The average molecular weight is 275 g/mol. The minimum absolute atomic E-state index is 0.216. The summed E-state index contributed by atoms with van der Waals surface area (Å²) in [5.41, 5.74) is 0. The highest BCUT2D eigenvalue weighted by atomic mass is 32.2. The molecule has 0 aliphatic rings. The number of carboxylic acids is 1. The molecule has 0 spiro atoms. The van der Waals surface area contributed by atoms with Crippen LogP contribution in [-0.2, 0) is 14.8 Å². The number of aliphatic carboxylic acids is 1. The summed E-state index contributed by atoms with van der Waals surface area (Å²) in [4.78, 5) is 10.2. The lowest BCUT2D eigenvalue weighted by Crippen LogP contribution is -2.34. The number of nitrogens with zero attached hydrogens (tertiary/aromatic N) is 1. The summed E-state index contributed by atoms with van der Waals surface area (Å²) < 4.78 is 38.3. The molecule has 1 N–H and O–H groups in total. The average Bonchev–Trinajstić information content (AvgIpc) is 2.28. The van der Waals surface area contributed by atoms with Crippen LogP contribution in [0.1, 0.15) is 6.92 Å². The first kappa shape index (κ1) is 14.6. The van der Waals surface area contributed by atoms with Crippen molar-refractivity contribution in [2.24, 2.45) is 5.92 Å². The normalized spacial score (nSPS) is 13.6. The number of rotatable bonds is 5. The van der Waals surface area contributed by atoms with Gasteiger partial charge in [-0.25, -0.2) is 12.8 Å². The Morgan fingerprint density at radius 3 is 2.50 bits per heavy atom. The molecule has 0 saturated heterocycles. The molecule has 18 heavy (non-hydrogen) atoms. The first-order chi connectivity index (χ1) is 8.26. The molecule has 1 atom stereocenters. The van der Waals surface area contributed by atoms with Crippen molar-refractivity contribution in [1.82, 2.24) is 4.31 Å². The van der Waals surface area contributed by atoms with Gasteiger partial charge in [-0.2, -0.15) is 4.31 Å². The third kappa shape index (κ3) is 3.05. The van der Waals surface area contributed by atoms with Crippen LogP contribution < -0.4 is 0 Å². The fraction of sp³-hybridized carbons (Fsp3) is 0.364. The molecule has 1 aromatic carbocycles. The second-order valence-corrected chi connectivity index (χ2v) is 5.97. The van der Waals surface area contributed by atoms with Crippen molar-refractivity contribution in [3.8, 4) is 0 Å². The van der Waals surface area contributed by atoms with Crippen molar-refractivity contribution in [3.63, 3.8) is 0 Å². The zero-order chi connectivity index (χ0) is 13.9. The number of hydrogen-bond donors (Lipinski definition) is 1. The topological polar surface area (TPSA) is 74.7 Å². The van der Waals surface area contributed by atoms with Crippen LogP contribution in [0.3, 0.4) is 0 Å². The minimum atomic E-state index is -4.00. The molecule has 0 heterocycles. The van der Waals surface area contributed by atoms with Crippen LogP contribution >= 0.6 is 0 Å². The van der Waals surface area contributed by atoms with Crippen LogP contribution in [0, 0.1) is 11.7 Å². The predicted octanol–water partition coefficient (Wildman–Crippen LogP) is 1.17. The van der Waals surface area contributed by atoms with Crippen molar-refractivity contribution in [2.45, 2.75) is 11.8 Å².